The first-order chi connectivity index (χ1) is 14.2. The molecule has 8 heteroatoms. The quantitative estimate of drug-likeness (QED) is 0.563. The van der Waals surface area contributed by atoms with Gasteiger partial charge in [-0.2, -0.15) is 0 Å². The average Bonchev–Trinajstić information content (AvgIpc) is 3.24. The third-order valence-corrected chi connectivity index (χ3v) is 4.75. The monoisotopic (exact) mass is 395 g/mol. The molecule has 2 aliphatic rings. The molecule has 0 aliphatic carbocycles. The number of ether oxygens (including phenoxy) is 3. The Morgan fingerprint density at radius 2 is 1.90 bits per heavy atom. The van der Waals surface area contributed by atoms with Gasteiger partial charge in [-0.25, -0.2) is 9.78 Å². The molecule has 1 amide bonds. The molecule has 0 atom stereocenters. The Labute approximate surface area is 168 Å². The zero-order chi connectivity index (χ0) is 20.1. The van der Waals surface area contributed by atoms with Crippen LogP contribution in [0, 0.1) is 0 Å². The van der Waals surface area contributed by atoms with Crippen molar-refractivity contribution in [1.82, 2.24) is 9.88 Å². The minimum Gasteiger partial charge on any atom is -0.454 e. The number of carbonyl (C=O) groups excluding carboxylic acids is 2. The maximum absolute atomic E-state index is 12.3. The summed E-state index contributed by atoms with van der Waals surface area (Å²) in [6.45, 7) is 2.46. The van der Waals surface area contributed by atoms with Crippen molar-refractivity contribution in [2.45, 2.75) is 0 Å². The lowest BCUT2D eigenvalue weighted by atomic mass is 10.2. The molecule has 0 spiro atoms. The highest BCUT2D eigenvalue weighted by Gasteiger charge is 2.22. The number of anilines is 1. The molecule has 0 unspecified atom stereocenters. The zero-order valence-electron chi connectivity index (χ0n) is 15.8. The molecule has 3 heterocycles. The van der Waals surface area contributed by atoms with Crippen molar-refractivity contribution < 1.29 is 23.8 Å². The number of rotatable bonds is 5. The second-order valence-corrected chi connectivity index (χ2v) is 6.61. The normalized spacial score (nSPS) is 15.6. The van der Waals surface area contributed by atoms with Crippen molar-refractivity contribution in [2.75, 3.05) is 44.5 Å². The lowest BCUT2D eigenvalue weighted by molar-refractivity contribution is -0.148. The molecule has 4 rings (SSSR count). The fraction of sp³-hybridized carbons (Fsp3) is 0.286. The Bertz CT molecular complexity index is 908. The van der Waals surface area contributed by atoms with E-state index in [1.807, 2.05) is 24.3 Å². The zero-order valence-corrected chi connectivity index (χ0v) is 15.8. The molecule has 0 saturated carbocycles. The number of fused-ring (bicyclic) bond motifs is 1. The first-order valence-electron chi connectivity index (χ1n) is 9.37. The first kappa shape index (κ1) is 18.8. The predicted molar refractivity (Wildman–Crippen MR) is 106 cm³/mol. The number of aromatic nitrogens is 1. The number of pyridine rings is 1. The summed E-state index contributed by atoms with van der Waals surface area (Å²) < 4.78 is 15.6. The summed E-state index contributed by atoms with van der Waals surface area (Å²) in [5.74, 6) is 1.46. The minimum atomic E-state index is -0.567. The molecule has 0 bridgehead atoms. The lowest BCUT2D eigenvalue weighted by Gasteiger charge is -2.35. The van der Waals surface area contributed by atoms with Gasteiger partial charge in [-0.05, 0) is 35.9 Å². The van der Waals surface area contributed by atoms with Gasteiger partial charge in [0, 0.05) is 38.5 Å². The molecular formula is C21H21N3O5. The van der Waals surface area contributed by atoms with Gasteiger partial charge in [-0.3, -0.25) is 4.79 Å². The molecule has 0 N–H and O–H groups in total. The Morgan fingerprint density at radius 1 is 1.07 bits per heavy atom. The molecule has 1 aromatic heterocycles. The number of hydrogen-bond acceptors (Lipinski definition) is 7. The Hall–Kier alpha value is -3.55. The third-order valence-electron chi connectivity index (χ3n) is 4.75. The predicted octanol–water partition coefficient (Wildman–Crippen LogP) is 1.72. The Balaban J connectivity index is 1.22. The van der Waals surface area contributed by atoms with Gasteiger partial charge in [0.1, 0.15) is 5.82 Å². The van der Waals surface area contributed by atoms with Crippen molar-refractivity contribution in [1.29, 1.82) is 0 Å². The maximum Gasteiger partial charge on any atom is 0.331 e. The van der Waals surface area contributed by atoms with Gasteiger partial charge in [0.2, 0.25) is 6.79 Å². The van der Waals surface area contributed by atoms with Crippen molar-refractivity contribution in [2.24, 2.45) is 0 Å². The number of piperazine rings is 1. The number of carbonyl (C=O) groups is 2. The summed E-state index contributed by atoms with van der Waals surface area (Å²) >= 11 is 0. The van der Waals surface area contributed by atoms with E-state index in [9.17, 15) is 9.59 Å². The number of benzene rings is 1. The molecule has 1 aromatic carbocycles. The van der Waals surface area contributed by atoms with Crippen molar-refractivity contribution in [3.05, 3.63) is 54.2 Å². The van der Waals surface area contributed by atoms with E-state index in [1.165, 1.54) is 6.08 Å². The van der Waals surface area contributed by atoms with Crippen LogP contribution in [-0.4, -0.2) is 61.3 Å². The molecule has 150 valence electrons. The maximum atomic E-state index is 12.3. The van der Waals surface area contributed by atoms with Gasteiger partial charge in [-0.1, -0.05) is 12.1 Å². The lowest BCUT2D eigenvalue weighted by Crippen LogP contribution is -2.50. The van der Waals surface area contributed by atoms with Crippen LogP contribution in [0.1, 0.15) is 5.56 Å². The van der Waals surface area contributed by atoms with Crippen molar-refractivity contribution in [3.63, 3.8) is 0 Å². The molecule has 0 radical (unpaired) electrons. The average molecular weight is 395 g/mol. The fourth-order valence-corrected chi connectivity index (χ4v) is 3.18. The van der Waals surface area contributed by atoms with Gasteiger partial charge in [0.15, 0.2) is 18.1 Å². The van der Waals surface area contributed by atoms with E-state index < -0.39 is 5.97 Å². The highest BCUT2D eigenvalue weighted by Crippen LogP contribution is 2.32. The van der Waals surface area contributed by atoms with Crippen LogP contribution in [0.2, 0.25) is 0 Å². The van der Waals surface area contributed by atoms with Crippen molar-refractivity contribution in [3.8, 4) is 11.5 Å². The van der Waals surface area contributed by atoms with E-state index in [0.717, 1.165) is 11.4 Å². The number of amides is 1. The molecule has 29 heavy (non-hydrogen) atoms. The molecule has 2 aromatic rings. The Morgan fingerprint density at radius 3 is 2.69 bits per heavy atom. The highest BCUT2D eigenvalue weighted by molar-refractivity contribution is 5.89. The van der Waals surface area contributed by atoms with Gasteiger partial charge in [0.05, 0.1) is 0 Å². The van der Waals surface area contributed by atoms with Crippen LogP contribution in [0.25, 0.3) is 6.08 Å². The van der Waals surface area contributed by atoms with Crippen LogP contribution >= 0.6 is 0 Å². The fourth-order valence-electron chi connectivity index (χ4n) is 3.18. The van der Waals surface area contributed by atoms with Crippen molar-refractivity contribution >= 4 is 23.8 Å². The summed E-state index contributed by atoms with van der Waals surface area (Å²) in [4.78, 5) is 32.4. The van der Waals surface area contributed by atoms with E-state index in [2.05, 4.69) is 9.88 Å². The molecule has 8 nitrogen and oxygen atoms in total. The van der Waals surface area contributed by atoms with Gasteiger partial charge < -0.3 is 24.0 Å². The van der Waals surface area contributed by atoms with Crippen LogP contribution in [0.15, 0.2) is 48.7 Å². The second-order valence-electron chi connectivity index (χ2n) is 6.61. The van der Waals surface area contributed by atoms with Crippen LogP contribution < -0.4 is 14.4 Å². The van der Waals surface area contributed by atoms with E-state index in [1.54, 1.807) is 29.3 Å². The molecule has 1 fully saturated rings. The smallest absolute Gasteiger partial charge is 0.331 e. The second kappa shape index (κ2) is 8.64. The van der Waals surface area contributed by atoms with Crippen LogP contribution in [0.4, 0.5) is 5.82 Å². The SMILES string of the molecule is O=C(/C=C/c1ccc2c(c1)OCO2)OCC(=O)N1CCN(c2ccccn2)CC1. The minimum absolute atomic E-state index is 0.197. The number of hydrogen-bond donors (Lipinski definition) is 0. The summed E-state index contributed by atoms with van der Waals surface area (Å²) in [5, 5.41) is 0. The summed E-state index contributed by atoms with van der Waals surface area (Å²) in [6.07, 6.45) is 4.66. The molecular weight excluding hydrogens is 374 g/mol. The van der Waals surface area contributed by atoms with Gasteiger partial charge in [0.25, 0.3) is 5.91 Å². The van der Waals surface area contributed by atoms with E-state index >= 15 is 0 Å². The van der Waals surface area contributed by atoms with E-state index in [-0.39, 0.29) is 19.3 Å². The highest BCUT2D eigenvalue weighted by atomic mass is 16.7. The largest absolute Gasteiger partial charge is 0.454 e. The summed E-state index contributed by atoms with van der Waals surface area (Å²) in [7, 11) is 0. The van der Waals surface area contributed by atoms with Crippen LogP contribution in [0.5, 0.6) is 11.5 Å². The molecule has 2 aliphatic heterocycles. The standard InChI is InChI=1S/C21H21N3O5/c25-20(24-11-9-23(10-12-24)19-3-1-2-8-22-19)14-27-21(26)7-5-16-4-6-17-18(13-16)29-15-28-17/h1-8,13H,9-12,14-15H2/b7-5+. The van der Waals surface area contributed by atoms with Crippen LogP contribution in [0.3, 0.4) is 0 Å². The third kappa shape index (κ3) is 4.66. The van der Waals surface area contributed by atoms with E-state index in [4.69, 9.17) is 14.2 Å². The topological polar surface area (TPSA) is 81.2 Å². The molecule has 1 saturated heterocycles. The Kier molecular flexibility index (Phi) is 5.60. The number of nitrogens with zero attached hydrogens (tertiary/aromatic N) is 3. The summed E-state index contributed by atoms with van der Waals surface area (Å²) in [6, 6.07) is 11.1. The first-order valence-corrected chi connectivity index (χ1v) is 9.37. The summed E-state index contributed by atoms with van der Waals surface area (Å²) in [5.41, 5.74) is 0.781. The number of esters is 1. The van der Waals surface area contributed by atoms with E-state index in [0.29, 0.717) is 37.7 Å². The van der Waals surface area contributed by atoms with Crippen LogP contribution in [-0.2, 0) is 14.3 Å². The van der Waals surface area contributed by atoms with Gasteiger partial charge in [-0.15, -0.1) is 0 Å². The van der Waals surface area contributed by atoms with Gasteiger partial charge >= 0.3 is 5.97 Å².